The topological polar surface area (TPSA) is 25.8 Å². The van der Waals surface area contributed by atoms with E-state index in [0.29, 0.717) is 17.3 Å². The van der Waals surface area contributed by atoms with Crippen LogP contribution in [0, 0.1) is 11.9 Å². The van der Waals surface area contributed by atoms with Crippen LogP contribution in [-0.4, -0.2) is 9.97 Å². The molecule has 0 spiro atoms. The third-order valence-electron chi connectivity index (χ3n) is 6.02. The van der Waals surface area contributed by atoms with Gasteiger partial charge in [0.15, 0.2) is 0 Å². The van der Waals surface area contributed by atoms with E-state index in [1.165, 1.54) is 50.5 Å². The van der Waals surface area contributed by atoms with Gasteiger partial charge in [0.05, 0.1) is 5.56 Å². The van der Waals surface area contributed by atoms with Gasteiger partial charge in [-0.3, -0.25) is 0 Å². The normalized spacial score (nSPS) is 20.0. The van der Waals surface area contributed by atoms with Crippen molar-refractivity contribution in [3.05, 3.63) is 47.8 Å². The van der Waals surface area contributed by atoms with E-state index < -0.39 is 0 Å². The molecule has 1 aromatic carbocycles. The Kier molecular flexibility index (Phi) is 7.37. The van der Waals surface area contributed by atoms with Crippen LogP contribution in [-0.2, 0) is 6.42 Å². The lowest BCUT2D eigenvalue weighted by molar-refractivity contribution is 0.297. The van der Waals surface area contributed by atoms with Crippen molar-refractivity contribution in [2.45, 2.75) is 84.0 Å². The summed E-state index contributed by atoms with van der Waals surface area (Å²) in [6.45, 7) is 4.45. The molecule has 0 aliphatic heterocycles. The minimum Gasteiger partial charge on any atom is -0.240 e. The quantitative estimate of drug-likeness (QED) is 0.465. The zero-order chi connectivity index (χ0) is 19.1. The Bertz CT molecular complexity index is 703. The minimum absolute atomic E-state index is 0.322. The second kappa shape index (κ2) is 9.96. The Morgan fingerprint density at radius 3 is 2.30 bits per heavy atom. The van der Waals surface area contributed by atoms with Crippen LogP contribution in [0.25, 0.3) is 11.1 Å². The maximum absolute atomic E-state index is 14.7. The summed E-state index contributed by atoms with van der Waals surface area (Å²) in [4.78, 5) is 8.80. The van der Waals surface area contributed by atoms with Crippen molar-refractivity contribution in [2.24, 2.45) is 5.92 Å². The predicted octanol–water partition coefficient (Wildman–Crippen LogP) is 7.09. The Morgan fingerprint density at radius 2 is 1.67 bits per heavy atom. The van der Waals surface area contributed by atoms with Crippen molar-refractivity contribution in [1.82, 2.24) is 9.97 Å². The summed E-state index contributed by atoms with van der Waals surface area (Å²) in [6, 6.07) is 8.17. The summed E-state index contributed by atoms with van der Waals surface area (Å²) in [5, 5.41) is 0. The summed E-state index contributed by atoms with van der Waals surface area (Å²) >= 11 is 0. The van der Waals surface area contributed by atoms with Crippen LogP contribution in [0.1, 0.15) is 88.9 Å². The first-order valence-electron chi connectivity index (χ1n) is 10.8. The Labute approximate surface area is 163 Å². The van der Waals surface area contributed by atoms with Gasteiger partial charge in [-0.15, -0.1) is 0 Å². The van der Waals surface area contributed by atoms with Gasteiger partial charge in [0.1, 0.15) is 5.82 Å². The number of hydrogen-bond donors (Lipinski definition) is 0. The highest BCUT2D eigenvalue weighted by Gasteiger charge is 2.24. The van der Waals surface area contributed by atoms with Crippen LogP contribution in [0.15, 0.2) is 30.5 Å². The van der Waals surface area contributed by atoms with E-state index in [9.17, 15) is 4.39 Å². The van der Waals surface area contributed by atoms with Crippen LogP contribution >= 0.6 is 0 Å². The zero-order valence-corrected chi connectivity index (χ0v) is 16.9. The van der Waals surface area contributed by atoms with E-state index in [0.717, 1.165) is 30.7 Å². The number of aryl methyl sites for hydroxylation is 1. The largest absolute Gasteiger partial charge is 0.240 e. The first kappa shape index (κ1) is 20.0. The summed E-state index contributed by atoms with van der Waals surface area (Å²) in [5.74, 6) is 1.48. The smallest absolute Gasteiger partial charge is 0.224 e. The third kappa shape index (κ3) is 5.37. The van der Waals surface area contributed by atoms with E-state index >= 15 is 0 Å². The molecule has 1 aromatic heterocycles. The van der Waals surface area contributed by atoms with E-state index in [4.69, 9.17) is 0 Å². The summed E-state index contributed by atoms with van der Waals surface area (Å²) in [5.41, 5.74) is 2.68. The molecular weight excluding hydrogens is 335 g/mol. The number of hydrogen-bond acceptors (Lipinski definition) is 2. The van der Waals surface area contributed by atoms with E-state index in [1.807, 2.05) is 12.1 Å². The van der Waals surface area contributed by atoms with Gasteiger partial charge in [0.25, 0.3) is 0 Å². The van der Waals surface area contributed by atoms with Gasteiger partial charge in [0.2, 0.25) is 5.95 Å². The molecule has 1 aliphatic rings. The van der Waals surface area contributed by atoms with Crippen molar-refractivity contribution in [2.75, 3.05) is 0 Å². The molecule has 3 heteroatoms. The lowest BCUT2D eigenvalue weighted by Crippen LogP contribution is -2.16. The van der Waals surface area contributed by atoms with Crippen molar-refractivity contribution in [1.29, 1.82) is 0 Å². The number of halogens is 1. The molecule has 0 saturated heterocycles. The molecule has 0 N–H and O–H groups in total. The summed E-state index contributed by atoms with van der Waals surface area (Å²) in [6.07, 6.45) is 13.7. The minimum atomic E-state index is -0.380. The van der Waals surface area contributed by atoms with Gasteiger partial charge in [-0.05, 0) is 55.6 Å². The molecule has 0 amide bonds. The molecule has 1 heterocycles. The maximum Gasteiger partial charge on any atom is 0.224 e. The molecule has 0 unspecified atom stereocenters. The molecule has 2 nitrogen and oxygen atoms in total. The van der Waals surface area contributed by atoms with Gasteiger partial charge in [-0.25, -0.2) is 9.97 Å². The summed E-state index contributed by atoms with van der Waals surface area (Å²) < 4.78 is 14.7. The van der Waals surface area contributed by atoms with E-state index in [-0.39, 0.29) is 5.95 Å². The average molecular weight is 369 g/mol. The Balaban J connectivity index is 1.64. The SMILES string of the molecule is CCCCc1ccc(-c2cnc(C3CCC(CCCC)CC3)nc2F)cc1. The van der Waals surface area contributed by atoms with E-state index in [1.54, 1.807) is 6.20 Å². The van der Waals surface area contributed by atoms with Gasteiger partial charge < -0.3 is 0 Å². The molecule has 0 radical (unpaired) electrons. The second-order valence-electron chi connectivity index (χ2n) is 8.09. The first-order chi connectivity index (χ1) is 13.2. The standard InChI is InChI=1S/C24H33FN2/c1-3-5-7-18-9-13-20(14-10-18)22-17-26-24(27-23(22)25)21-15-11-19(12-16-21)8-6-4-2/h9-10,13-14,17,19,21H,3-8,11-12,15-16H2,1-2H3. The number of rotatable bonds is 8. The molecule has 146 valence electrons. The highest BCUT2D eigenvalue weighted by molar-refractivity contribution is 5.62. The molecule has 0 bridgehead atoms. The van der Waals surface area contributed by atoms with Crippen LogP contribution in [0.5, 0.6) is 0 Å². The molecule has 0 atom stereocenters. The molecule has 3 rings (SSSR count). The molecule has 1 aliphatic carbocycles. The van der Waals surface area contributed by atoms with Crippen LogP contribution in [0.4, 0.5) is 4.39 Å². The van der Waals surface area contributed by atoms with Gasteiger partial charge in [-0.2, -0.15) is 4.39 Å². The monoisotopic (exact) mass is 368 g/mol. The number of benzene rings is 1. The van der Waals surface area contributed by atoms with Gasteiger partial charge in [-0.1, -0.05) is 63.8 Å². The van der Waals surface area contributed by atoms with Crippen LogP contribution in [0.2, 0.25) is 0 Å². The van der Waals surface area contributed by atoms with E-state index in [2.05, 4.69) is 35.9 Å². The molecule has 27 heavy (non-hydrogen) atoms. The molecule has 2 aromatic rings. The lowest BCUT2D eigenvalue weighted by atomic mass is 9.79. The van der Waals surface area contributed by atoms with Crippen molar-refractivity contribution in [3.63, 3.8) is 0 Å². The number of nitrogens with zero attached hydrogens (tertiary/aromatic N) is 2. The molecular formula is C24H33FN2. The van der Waals surface area contributed by atoms with Crippen molar-refractivity contribution >= 4 is 0 Å². The first-order valence-corrected chi connectivity index (χ1v) is 10.8. The fourth-order valence-electron chi connectivity index (χ4n) is 4.20. The van der Waals surface area contributed by atoms with Gasteiger partial charge >= 0.3 is 0 Å². The van der Waals surface area contributed by atoms with Crippen molar-refractivity contribution < 1.29 is 4.39 Å². The van der Waals surface area contributed by atoms with Crippen LogP contribution < -0.4 is 0 Å². The molecule has 1 saturated carbocycles. The van der Waals surface area contributed by atoms with Crippen LogP contribution in [0.3, 0.4) is 0 Å². The average Bonchev–Trinajstić information content (AvgIpc) is 2.71. The third-order valence-corrected chi connectivity index (χ3v) is 6.02. The lowest BCUT2D eigenvalue weighted by Gasteiger charge is -2.27. The second-order valence-corrected chi connectivity index (χ2v) is 8.09. The Morgan fingerprint density at radius 1 is 0.963 bits per heavy atom. The highest BCUT2D eigenvalue weighted by Crippen LogP contribution is 2.36. The maximum atomic E-state index is 14.7. The predicted molar refractivity (Wildman–Crippen MR) is 110 cm³/mol. The fraction of sp³-hybridized carbons (Fsp3) is 0.583. The zero-order valence-electron chi connectivity index (χ0n) is 16.9. The number of unbranched alkanes of at least 4 members (excludes halogenated alkanes) is 2. The molecule has 1 fully saturated rings. The highest BCUT2D eigenvalue weighted by atomic mass is 19.1. The Hall–Kier alpha value is -1.77. The van der Waals surface area contributed by atoms with Crippen molar-refractivity contribution in [3.8, 4) is 11.1 Å². The fourth-order valence-corrected chi connectivity index (χ4v) is 4.20. The summed E-state index contributed by atoms with van der Waals surface area (Å²) in [7, 11) is 0. The number of aromatic nitrogens is 2. The van der Waals surface area contributed by atoms with Gasteiger partial charge in [0, 0.05) is 12.1 Å².